The molecule has 0 unspecified atom stereocenters. The fourth-order valence-corrected chi connectivity index (χ4v) is 3.20. The number of rotatable bonds is 5. The van der Waals surface area contributed by atoms with E-state index < -0.39 is 0 Å². The first-order valence-corrected chi connectivity index (χ1v) is 8.42. The van der Waals surface area contributed by atoms with Crippen molar-refractivity contribution in [3.05, 3.63) is 44.4 Å². The molecule has 2 rings (SSSR count). The van der Waals surface area contributed by atoms with Crippen LogP contribution in [-0.4, -0.2) is 25.1 Å². The number of hydrogen-bond acceptors (Lipinski definition) is 4. The zero-order valence-corrected chi connectivity index (χ0v) is 18.0. The molecule has 132 valence electrons. The average molecular weight is 481 g/mol. The summed E-state index contributed by atoms with van der Waals surface area (Å²) in [6.45, 7) is 5.34. The smallest absolute Gasteiger partial charge is 0.191 e. The summed E-state index contributed by atoms with van der Waals surface area (Å²) in [6, 6.07) is 5.59. The lowest BCUT2D eigenvalue weighted by atomic mass is 10.2. The fraction of sp³-hybridized carbons (Fsp3) is 0.375. The van der Waals surface area contributed by atoms with Crippen LogP contribution in [0.2, 0.25) is 5.02 Å². The highest BCUT2D eigenvalue weighted by molar-refractivity contribution is 14.0. The third kappa shape index (κ3) is 5.78. The van der Waals surface area contributed by atoms with Crippen molar-refractivity contribution in [1.29, 1.82) is 0 Å². The molecule has 0 atom stereocenters. The number of ether oxygens (including phenoxy) is 1. The van der Waals surface area contributed by atoms with Gasteiger partial charge in [0, 0.05) is 29.1 Å². The molecule has 8 heteroatoms. The molecule has 0 aliphatic heterocycles. The average Bonchev–Trinajstić information content (AvgIpc) is 2.86. The van der Waals surface area contributed by atoms with Crippen LogP contribution >= 0.6 is 46.9 Å². The van der Waals surface area contributed by atoms with Gasteiger partial charge >= 0.3 is 0 Å². The van der Waals surface area contributed by atoms with Crippen LogP contribution in [0.25, 0.3) is 0 Å². The summed E-state index contributed by atoms with van der Waals surface area (Å²) < 4.78 is 5.35. The highest BCUT2D eigenvalue weighted by Crippen LogP contribution is 2.22. The van der Waals surface area contributed by atoms with E-state index in [0.29, 0.717) is 18.1 Å². The number of aliphatic imine (C=N–C) groups is 1. The Morgan fingerprint density at radius 2 is 2.00 bits per heavy atom. The molecular weight excluding hydrogens is 459 g/mol. The van der Waals surface area contributed by atoms with Crippen molar-refractivity contribution in [2.75, 3.05) is 14.2 Å². The number of guanidine groups is 1. The Balaban J connectivity index is 0.00000288. The lowest BCUT2D eigenvalue weighted by Gasteiger charge is -2.13. The quantitative estimate of drug-likeness (QED) is 0.387. The molecule has 0 saturated heterocycles. The molecule has 1 heterocycles. The summed E-state index contributed by atoms with van der Waals surface area (Å²) in [4.78, 5) is 9.89. The van der Waals surface area contributed by atoms with E-state index in [0.717, 1.165) is 28.0 Å². The summed E-state index contributed by atoms with van der Waals surface area (Å²) in [5, 5.41) is 8.31. The summed E-state index contributed by atoms with van der Waals surface area (Å²) in [5.41, 5.74) is 2.08. The minimum atomic E-state index is 0. The number of nitrogens with zero attached hydrogens (tertiary/aromatic N) is 2. The van der Waals surface area contributed by atoms with E-state index in [4.69, 9.17) is 16.3 Å². The number of thiazole rings is 1. The van der Waals surface area contributed by atoms with Crippen LogP contribution in [0.15, 0.2) is 23.2 Å². The molecular formula is C16H22ClIN4OS. The number of benzene rings is 1. The van der Waals surface area contributed by atoms with Crippen molar-refractivity contribution in [2.45, 2.75) is 26.9 Å². The van der Waals surface area contributed by atoms with Crippen LogP contribution in [0.3, 0.4) is 0 Å². The lowest BCUT2D eigenvalue weighted by Crippen LogP contribution is -2.36. The minimum Gasteiger partial charge on any atom is -0.496 e. The first-order valence-electron chi connectivity index (χ1n) is 7.23. The van der Waals surface area contributed by atoms with E-state index in [1.165, 1.54) is 4.88 Å². The highest BCUT2D eigenvalue weighted by Gasteiger charge is 2.07. The van der Waals surface area contributed by atoms with Gasteiger partial charge in [0.1, 0.15) is 5.75 Å². The normalized spacial score (nSPS) is 11.0. The van der Waals surface area contributed by atoms with E-state index in [2.05, 4.69) is 20.6 Å². The number of hydrogen-bond donors (Lipinski definition) is 2. The SMILES string of the molecule is CN=C(NCc1ccc(Cl)cc1OC)NCc1sc(C)nc1C.I. The molecule has 1 aromatic carbocycles. The van der Waals surface area contributed by atoms with Crippen molar-refractivity contribution in [3.63, 3.8) is 0 Å². The van der Waals surface area contributed by atoms with Crippen molar-refractivity contribution in [2.24, 2.45) is 4.99 Å². The lowest BCUT2D eigenvalue weighted by molar-refractivity contribution is 0.409. The van der Waals surface area contributed by atoms with Crippen molar-refractivity contribution in [3.8, 4) is 5.75 Å². The van der Waals surface area contributed by atoms with Gasteiger partial charge in [-0.05, 0) is 26.0 Å². The Labute approximate surface area is 168 Å². The van der Waals surface area contributed by atoms with Gasteiger partial charge < -0.3 is 15.4 Å². The van der Waals surface area contributed by atoms with E-state index in [-0.39, 0.29) is 24.0 Å². The predicted octanol–water partition coefficient (Wildman–Crippen LogP) is 3.91. The number of aromatic nitrogens is 1. The molecule has 0 radical (unpaired) electrons. The summed E-state index contributed by atoms with van der Waals surface area (Å²) >= 11 is 7.68. The summed E-state index contributed by atoms with van der Waals surface area (Å²) in [6.07, 6.45) is 0. The summed E-state index contributed by atoms with van der Waals surface area (Å²) in [7, 11) is 3.39. The van der Waals surface area contributed by atoms with E-state index in [1.54, 1.807) is 31.6 Å². The number of aryl methyl sites for hydroxylation is 2. The number of methoxy groups -OCH3 is 1. The van der Waals surface area contributed by atoms with Gasteiger partial charge in [-0.1, -0.05) is 17.7 Å². The second-order valence-corrected chi connectivity index (χ2v) is 6.70. The highest BCUT2D eigenvalue weighted by atomic mass is 127. The monoisotopic (exact) mass is 480 g/mol. The molecule has 2 aromatic rings. The van der Waals surface area contributed by atoms with Crippen molar-refractivity contribution >= 4 is 52.9 Å². The van der Waals surface area contributed by atoms with Gasteiger partial charge in [0.05, 0.1) is 24.4 Å². The van der Waals surface area contributed by atoms with E-state index in [9.17, 15) is 0 Å². The molecule has 0 amide bonds. The standard InChI is InChI=1S/C16H21ClN4OS.HI/c1-10-15(23-11(2)21-10)9-20-16(18-3)19-8-12-5-6-13(17)7-14(12)22-4;/h5-7H,8-9H2,1-4H3,(H2,18,19,20);1H. The Morgan fingerprint density at radius 1 is 1.29 bits per heavy atom. The maximum absolute atomic E-state index is 5.98. The molecule has 24 heavy (non-hydrogen) atoms. The maximum atomic E-state index is 5.98. The Hall–Kier alpha value is -1.06. The van der Waals surface area contributed by atoms with Gasteiger partial charge in [0.2, 0.25) is 0 Å². The second-order valence-electron chi connectivity index (χ2n) is 4.98. The van der Waals surface area contributed by atoms with Crippen LogP contribution in [0.5, 0.6) is 5.75 Å². The topological polar surface area (TPSA) is 58.5 Å². The Morgan fingerprint density at radius 3 is 2.58 bits per heavy atom. The van der Waals surface area contributed by atoms with Gasteiger partial charge in [0.25, 0.3) is 0 Å². The van der Waals surface area contributed by atoms with Crippen molar-refractivity contribution < 1.29 is 4.74 Å². The first kappa shape index (κ1) is 21.0. The van der Waals surface area contributed by atoms with Crippen LogP contribution in [0.1, 0.15) is 21.1 Å². The molecule has 1 aromatic heterocycles. The van der Waals surface area contributed by atoms with Gasteiger partial charge in [-0.15, -0.1) is 35.3 Å². The molecule has 0 spiro atoms. The largest absolute Gasteiger partial charge is 0.496 e. The van der Waals surface area contributed by atoms with Gasteiger partial charge in [0.15, 0.2) is 5.96 Å². The van der Waals surface area contributed by atoms with E-state index in [1.807, 2.05) is 26.0 Å². The molecule has 0 aliphatic rings. The minimum absolute atomic E-state index is 0. The van der Waals surface area contributed by atoms with Crippen LogP contribution < -0.4 is 15.4 Å². The van der Waals surface area contributed by atoms with Crippen LogP contribution in [-0.2, 0) is 13.1 Å². The third-order valence-corrected chi connectivity index (χ3v) is 4.64. The second kappa shape index (κ2) is 10.0. The third-order valence-electron chi connectivity index (χ3n) is 3.34. The predicted molar refractivity (Wildman–Crippen MR) is 112 cm³/mol. The van der Waals surface area contributed by atoms with Crippen LogP contribution in [0, 0.1) is 13.8 Å². The van der Waals surface area contributed by atoms with Gasteiger partial charge in [-0.3, -0.25) is 4.99 Å². The zero-order valence-electron chi connectivity index (χ0n) is 14.1. The molecule has 0 fully saturated rings. The van der Waals surface area contributed by atoms with Gasteiger partial charge in [-0.25, -0.2) is 4.98 Å². The molecule has 0 aliphatic carbocycles. The molecule has 2 N–H and O–H groups in total. The number of halogens is 2. The fourth-order valence-electron chi connectivity index (χ4n) is 2.17. The van der Waals surface area contributed by atoms with Crippen LogP contribution in [0.4, 0.5) is 0 Å². The Kier molecular flexibility index (Phi) is 8.79. The first-order chi connectivity index (χ1) is 11.0. The summed E-state index contributed by atoms with van der Waals surface area (Å²) in [5.74, 6) is 1.49. The maximum Gasteiger partial charge on any atom is 0.191 e. The Bertz CT molecular complexity index is 705. The van der Waals surface area contributed by atoms with Gasteiger partial charge in [-0.2, -0.15) is 0 Å². The number of nitrogens with one attached hydrogen (secondary N) is 2. The van der Waals surface area contributed by atoms with E-state index >= 15 is 0 Å². The zero-order chi connectivity index (χ0) is 16.8. The van der Waals surface area contributed by atoms with Crippen molar-refractivity contribution in [1.82, 2.24) is 15.6 Å². The molecule has 0 bridgehead atoms. The molecule has 0 saturated carbocycles. The molecule has 5 nitrogen and oxygen atoms in total.